The van der Waals surface area contributed by atoms with Crippen LogP contribution in [0.1, 0.15) is 23.1 Å². The van der Waals surface area contributed by atoms with Crippen molar-refractivity contribution in [1.82, 2.24) is 0 Å². The van der Waals surface area contributed by atoms with E-state index < -0.39 is 30.5 Å². The molecule has 0 aromatic heterocycles. The lowest BCUT2D eigenvalue weighted by atomic mass is 9.77. The van der Waals surface area contributed by atoms with E-state index in [0.717, 1.165) is 16.7 Å². The quantitative estimate of drug-likeness (QED) is 0.472. The van der Waals surface area contributed by atoms with Crippen LogP contribution in [0, 0.1) is 5.92 Å². The van der Waals surface area contributed by atoms with Crippen LogP contribution in [0.4, 0.5) is 0 Å². The standard InChI is InChI=1S/C29H30O6/c30-24-16-23-26(35-24)25(31)28(33-18-21-12-6-2-7-13-21)29(34-19-22-14-8-3-9-15-22)27(23)32-17-20-10-4-1-5-11-20/h1-15,23,25-29,31H,16-19H2/t23-,25-,26+,27+,28-,29-/m0/s1. The lowest BCUT2D eigenvalue weighted by Gasteiger charge is -2.45. The molecule has 1 saturated carbocycles. The van der Waals surface area contributed by atoms with Gasteiger partial charge >= 0.3 is 5.97 Å². The summed E-state index contributed by atoms with van der Waals surface area (Å²) >= 11 is 0. The molecule has 0 radical (unpaired) electrons. The SMILES string of the molecule is O=C1C[C@@H]2[C@@H](OCc3ccccc3)[C@H](OCc3ccccc3)[C@@H](OCc3ccccc3)[C@@H](O)[C@@H]2O1. The molecule has 0 bridgehead atoms. The molecular weight excluding hydrogens is 444 g/mol. The first-order valence-corrected chi connectivity index (χ1v) is 12.0. The molecule has 0 unspecified atom stereocenters. The number of rotatable bonds is 9. The highest BCUT2D eigenvalue weighted by atomic mass is 16.6. The maximum absolute atomic E-state index is 12.3. The lowest BCUT2D eigenvalue weighted by Crippen LogP contribution is -2.62. The third-order valence-corrected chi connectivity index (χ3v) is 6.69. The van der Waals surface area contributed by atoms with E-state index in [9.17, 15) is 9.90 Å². The topological polar surface area (TPSA) is 74.2 Å². The molecule has 182 valence electrons. The smallest absolute Gasteiger partial charge is 0.306 e. The minimum Gasteiger partial charge on any atom is -0.459 e. The summed E-state index contributed by atoms with van der Waals surface area (Å²) in [5.74, 6) is -0.656. The Bertz CT molecular complexity index is 1070. The second-order valence-electron chi connectivity index (χ2n) is 9.10. The van der Waals surface area contributed by atoms with Crippen molar-refractivity contribution in [2.45, 2.75) is 56.8 Å². The first kappa shape index (κ1) is 23.7. The summed E-state index contributed by atoms with van der Waals surface area (Å²) in [5.41, 5.74) is 3.00. The molecule has 5 rings (SSSR count). The Kier molecular flexibility index (Phi) is 7.54. The summed E-state index contributed by atoms with van der Waals surface area (Å²) in [6.45, 7) is 0.987. The number of aliphatic hydroxyl groups excluding tert-OH is 1. The highest BCUT2D eigenvalue weighted by Gasteiger charge is 2.57. The third kappa shape index (κ3) is 5.63. The molecule has 1 aliphatic carbocycles. The van der Waals surface area contributed by atoms with Gasteiger partial charge in [0, 0.05) is 5.92 Å². The molecule has 35 heavy (non-hydrogen) atoms. The van der Waals surface area contributed by atoms with Crippen LogP contribution in [-0.2, 0) is 43.6 Å². The van der Waals surface area contributed by atoms with Crippen molar-refractivity contribution >= 4 is 5.97 Å². The number of carbonyl (C=O) groups excluding carboxylic acids is 1. The molecule has 6 nitrogen and oxygen atoms in total. The first-order valence-electron chi connectivity index (χ1n) is 12.0. The summed E-state index contributed by atoms with van der Waals surface area (Å²) in [6, 6.07) is 29.5. The van der Waals surface area contributed by atoms with Crippen LogP contribution in [0.3, 0.4) is 0 Å². The van der Waals surface area contributed by atoms with Crippen molar-refractivity contribution in [3.63, 3.8) is 0 Å². The summed E-state index contributed by atoms with van der Waals surface area (Å²) in [6.07, 6.45) is -3.34. The van der Waals surface area contributed by atoms with Gasteiger partial charge in [0.2, 0.25) is 0 Å². The second kappa shape index (κ2) is 11.1. The number of fused-ring (bicyclic) bond motifs is 1. The van der Waals surface area contributed by atoms with Gasteiger partial charge in [0.05, 0.1) is 32.3 Å². The Morgan fingerprint density at radius 3 is 1.57 bits per heavy atom. The summed E-state index contributed by atoms with van der Waals surface area (Å²) in [4.78, 5) is 12.3. The van der Waals surface area contributed by atoms with Gasteiger partial charge < -0.3 is 24.1 Å². The number of carbonyl (C=O) groups is 1. The monoisotopic (exact) mass is 474 g/mol. The molecule has 0 amide bonds. The van der Waals surface area contributed by atoms with Crippen molar-refractivity contribution in [2.75, 3.05) is 0 Å². The maximum Gasteiger partial charge on any atom is 0.306 e. The van der Waals surface area contributed by atoms with Gasteiger partial charge in [-0.2, -0.15) is 0 Å². The van der Waals surface area contributed by atoms with Crippen LogP contribution < -0.4 is 0 Å². The molecule has 1 heterocycles. The summed E-state index contributed by atoms with van der Waals surface area (Å²) in [5, 5.41) is 11.3. The van der Waals surface area contributed by atoms with Crippen LogP contribution in [-0.4, -0.2) is 41.6 Å². The molecule has 1 aliphatic heterocycles. The zero-order valence-corrected chi connectivity index (χ0v) is 19.4. The Labute approximate surface area is 205 Å². The number of ether oxygens (including phenoxy) is 4. The van der Waals surface area contributed by atoms with Crippen molar-refractivity contribution < 1.29 is 28.8 Å². The Morgan fingerprint density at radius 2 is 1.09 bits per heavy atom. The third-order valence-electron chi connectivity index (χ3n) is 6.69. The average Bonchev–Trinajstić information content (AvgIpc) is 3.30. The van der Waals surface area contributed by atoms with Crippen LogP contribution in [0.25, 0.3) is 0 Å². The molecule has 3 aromatic rings. The lowest BCUT2D eigenvalue weighted by molar-refractivity contribution is -0.240. The van der Waals surface area contributed by atoms with Gasteiger partial charge in [-0.25, -0.2) is 0 Å². The zero-order valence-electron chi connectivity index (χ0n) is 19.4. The van der Waals surface area contributed by atoms with Gasteiger partial charge in [0.25, 0.3) is 0 Å². The molecule has 1 saturated heterocycles. The van der Waals surface area contributed by atoms with E-state index in [1.54, 1.807) is 0 Å². The van der Waals surface area contributed by atoms with Gasteiger partial charge in [-0.05, 0) is 16.7 Å². The van der Waals surface area contributed by atoms with Gasteiger partial charge in [-0.15, -0.1) is 0 Å². The van der Waals surface area contributed by atoms with Gasteiger partial charge in [0.1, 0.15) is 24.4 Å². The Hall–Kier alpha value is -3.03. The molecule has 1 N–H and O–H groups in total. The fourth-order valence-electron chi connectivity index (χ4n) is 4.94. The fourth-order valence-corrected chi connectivity index (χ4v) is 4.94. The Morgan fingerprint density at radius 1 is 0.657 bits per heavy atom. The molecule has 2 fully saturated rings. The normalized spacial score (nSPS) is 27.9. The summed E-state index contributed by atoms with van der Waals surface area (Å²) < 4.78 is 24.6. The largest absolute Gasteiger partial charge is 0.459 e. The van der Waals surface area contributed by atoms with E-state index in [1.165, 1.54) is 0 Å². The molecule has 6 heteroatoms. The predicted molar refractivity (Wildman–Crippen MR) is 129 cm³/mol. The Balaban J connectivity index is 1.41. The van der Waals surface area contributed by atoms with Gasteiger partial charge in [-0.3, -0.25) is 4.79 Å². The van der Waals surface area contributed by atoms with Crippen molar-refractivity contribution in [2.24, 2.45) is 5.92 Å². The van der Waals surface area contributed by atoms with Crippen LogP contribution >= 0.6 is 0 Å². The predicted octanol–water partition coefficient (Wildman–Crippen LogP) is 4.05. The van der Waals surface area contributed by atoms with Crippen molar-refractivity contribution in [3.8, 4) is 0 Å². The van der Waals surface area contributed by atoms with E-state index in [1.807, 2.05) is 91.0 Å². The molecular formula is C29H30O6. The van der Waals surface area contributed by atoms with Crippen LogP contribution in [0.15, 0.2) is 91.0 Å². The first-order chi connectivity index (χ1) is 17.2. The molecule has 2 aliphatic rings. The zero-order chi connectivity index (χ0) is 24.0. The van der Waals surface area contributed by atoms with Crippen LogP contribution in [0.5, 0.6) is 0 Å². The summed E-state index contributed by atoms with van der Waals surface area (Å²) in [7, 11) is 0. The van der Waals surface area contributed by atoms with E-state index in [4.69, 9.17) is 18.9 Å². The van der Waals surface area contributed by atoms with Crippen molar-refractivity contribution in [3.05, 3.63) is 108 Å². The fraction of sp³-hybridized carbons (Fsp3) is 0.345. The van der Waals surface area contributed by atoms with Crippen LogP contribution in [0.2, 0.25) is 0 Å². The molecule has 3 aromatic carbocycles. The number of benzene rings is 3. The minimum atomic E-state index is -1.02. The van der Waals surface area contributed by atoms with E-state index >= 15 is 0 Å². The second-order valence-corrected chi connectivity index (χ2v) is 9.10. The minimum absolute atomic E-state index is 0.178. The number of esters is 1. The van der Waals surface area contributed by atoms with Gasteiger partial charge in [-0.1, -0.05) is 91.0 Å². The molecule has 0 spiro atoms. The van der Waals surface area contributed by atoms with E-state index in [2.05, 4.69) is 0 Å². The highest BCUT2D eigenvalue weighted by Crippen LogP contribution is 2.40. The average molecular weight is 475 g/mol. The highest BCUT2D eigenvalue weighted by molar-refractivity contribution is 5.72. The van der Waals surface area contributed by atoms with Crippen molar-refractivity contribution in [1.29, 1.82) is 0 Å². The number of hydrogen-bond acceptors (Lipinski definition) is 6. The van der Waals surface area contributed by atoms with E-state index in [0.29, 0.717) is 19.8 Å². The molecule has 6 atom stereocenters. The van der Waals surface area contributed by atoms with E-state index in [-0.39, 0.29) is 18.3 Å². The number of aliphatic hydroxyl groups is 1. The maximum atomic E-state index is 12.3. The number of hydrogen-bond donors (Lipinski definition) is 1. The van der Waals surface area contributed by atoms with Gasteiger partial charge in [0.15, 0.2) is 0 Å².